The van der Waals surface area contributed by atoms with E-state index >= 15 is 0 Å². The molecule has 3 atom stereocenters. The van der Waals surface area contributed by atoms with E-state index in [0.717, 1.165) is 0 Å². The topological polar surface area (TPSA) is 90.2 Å². The number of aliphatic hydroxyl groups excluding tert-OH is 1. The van der Waals surface area contributed by atoms with Crippen LogP contribution in [-0.2, 0) is 10.3 Å². The lowest BCUT2D eigenvalue weighted by Crippen LogP contribution is -2.51. The Morgan fingerprint density at radius 1 is 1.04 bits per heavy atom. The summed E-state index contributed by atoms with van der Waals surface area (Å²) in [4.78, 5) is 0. The molecule has 1 fully saturated rings. The Morgan fingerprint density at radius 2 is 1.71 bits per heavy atom. The van der Waals surface area contributed by atoms with E-state index in [4.69, 9.17) is 4.74 Å². The number of hydrogen-bond donors (Lipinski definition) is 4. The van der Waals surface area contributed by atoms with Gasteiger partial charge in [-0.05, 0) is 37.0 Å². The summed E-state index contributed by atoms with van der Waals surface area (Å²) < 4.78 is 6.27. The lowest BCUT2D eigenvalue weighted by atomic mass is 9.58. The zero-order valence-corrected chi connectivity index (χ0v) is 14.4. The third-order valence-corrected chi connectivity index (χ3v) is 6.03. The van der Waals surface area contributed by atoms with E-state index in [1.54, 1.807) is 18.2 Å². The van der Waals surface area contributed by atoms with Gasteiger partial charge < -0.3 is 25.2 Å². The molecule has 0 bridgehead atoms. The molecule has 0 amide bonds. The van der Waals surface area contributed by atoms with Crippen molar-refractivity contribution < 1.29 is 25.2 Å². The monoisotopic (exact) mass is 332 g/mol. The van der Waals surface area contributed by atoms with Gasteiger partial charge in [-0.2, -0.15) is 0 Å². The van der Waals surface area contributed by atoms with Crippen molar-refractivity contribution in [2.24, 2.45) is 17.3 Å². The summed E-state index contributed by atoms with van der Waals surface area (Å²) in [6.45, 7) is 8.20. The molecule has 1 aliphatic heterocycles. The van der Waals surface area contributed by atoms with Gasteiger partial charge in [-0.15, -0.1) is 0 Å². The highest BCUT2D eigenvalue weighted by Crippen LogP contribution is 2.59. The summed E-state index contributed by atoms with van der Waals surface area (Å²) in [5.74, 6) is -0.336. The Kier molecular flexibility index (Phi) is 3.52. The molecule has 1 heterocycles. The maximum atomic E-state index is 10.4. The van der Waals surface area contributed by atoms with Crippen molar-refractivity contribution in [1.29, 1.82) is 0 Å². The van der Waals surface area contributed by atoms with E-state index in [-0.39, 0.29) is 34.5 Å². The maximum absolute atomic E-state index is 10.4. The van der Waals surface area contributed by atoms with Gasteiger partial charge in [-0.3, -0.25) is 0 Å². The van der Waals surface area contributed by atoms with Crippen LogP contribution < -0.4 is 0 Å². The zero-order valence-electron chi connectivity index (χ0n) is 14.4. The van der Waals surface area contributed by atoms with Crippen LogP contribution in [0.25, 0.3) is 0 Å². The minimum absolute atomic E-state index is 0.00404. The molecular weight excluding hydrogens is 308 g/mol. The molecular formula is C19H24O5. The Labute approximate surface area is 141 Å². The number of allylic oxidation sites excluding steroid dienone is 3. The summed E-state index contributed by atoms with van der Waals surface area (Å²) in [7, 11) is 0. The fourth-order valence-electron chi connectivity index (χ4n) is 4.03. The second kappa shape index (κ2) is 5.10. The van der Waals surface area contributed by atoms with Crippen molar-refractivity contribution in [3.05, 3.63) is 41.4 Å². The highest BCUT2D eigenvalue weighted by atomic mass is 16.5. The smallest absolute Gasteiger partial charge is 0.200 e. The summed E-state index contributed by atoms with van der Waals surface area (Å²) in [6, 6.07) is 2.91. The quantitative estimate of drug-likeness (QED) is 0.582. The van der Waals surface area contributed by atoms with Crippen LogP contribution in [0.3, 0.4) is 0 Å². The summed E-state index contributed by atoms with van der Waals surface area (Å²) in [6.07, 6.45) is 4.10. The zero-order chi connectivity index (χ0) is 17.9. The molecule has 2 aliphatic rings. The molecule has 4 N–H and O–H groups in total. The lowest BCUT2D eigenvalue weighted by molar-refractivity contribution is -0.147. The molecule has 1 saturated heterocycles. The highest BCUT2D eigenvalue weighted by Gasteiger charge is 2.54. The average Bonchev–Trinajstić information content (AvgIpc) is 2.50. The van der Waals surface area contributed by atoms with E-state index in [1.165, 1.54) is 6.07 Å². The first-order valence-electron chi connectivity index (χ1n) is 8.13. The van der Waals surface area contributed by atoms with Crippen LogP contribution in [0.15, 0.2) is 35.8 Å². The van der Waals surface area contributed by atoms with Crippen molar-refractivity contribution in [2.75, 3.05) is 0 Å². The average molecular weight is 332 g/mol. The Morgan fingerprint density at radius 3 is 2.38 bits per heavy atom. The van der Waals surface area contributed by atoms with Crippen molar-refractivity contribution in [3.63, 3.8) is 0 Å². The van der Waals surface area contributed by atoms with Crippen LogP contribution in [0, 0.1) is 17.3 Å². The molecule has 1 aromatic rings. The number of fused-ring (bicyclic) bond motifs is 1. The molecule has 5 heteroatoms. The molecule has 1 aromatic carbocycles. The predicted octanol–water partition coefficient (Wildman–Crippen LogP) is 4.06. The molecule has 1 aliphatic carbocycles. The Hall–Kier alpha value is -2.30. The van der Waals surface area contributed by atoms with Gasteiger partial charge >= 0.3 is 0 Å². The van der Waals surface area contributed by atoms with Gasteiger partial charge in [0.15, 0.2) is 11.5 Å². The number of hydrogen-bond acceptors (Lipinski definition) is 5. The Bertz CT molecular complexity index is 746. The van der Waals surface area contributed by atoms with Gasteiger partial charge in [0.1, 0.15) is 17.1 Å². The number of aliphatic hydroxyl groups is 1. The summed E-state index contributed by atoms with van der Waals surface area (Å²) >= 11 is 0. The van der Waals surface area contributed by atoms with Crippen LogP contribution in [0.2, 0.25) is 0 Å². The molecule has 0 aromatic heterocycles. The number of phenolic OH excluding ortho intramolecular Hbond substituents is 3. The second-order valence-corrected chi connectivity index (χ2v) is 7.55. The summed E-state index contributed by atoms with van der Waals surface area (Å²) in [5, 5.41) is 39.7. The van der Waals surface area contributed by atoms with Crippen LogP contribution in [-0.4, -0.2) is 20.4 Å². The number of aromatic hydroxyl groups is 3. The van der Waals surface area contributed by atoms with Crippen molar-refractivity contribution in [3.8, 4) is 17.2 Å². The van der Waals surface area contributed by atoms with Crippen molar-refractivity contribution in [2.45, 2.75) is 39.7 Å². The van der Waals surface area contributed by atoms with Gasteiger partial charge in [-0.1, -0.05) is 20.8 Å². The molecule has 5 nitrogen and oxygen atoms in total. The largest absolute Gasteiger partial charge is 0.508 e. The van der Waals surface area contributed by atoms with Crippen LogP contribution in [0.5, 0.6) is 17.2 Å². The fraction of sp³-hybridized carbons (Fsp3) is 0.474. The number of rotatable bonds is 1. The SMILES string of the molecule is CC1C(C)(c2ccc(O)c(O)c2O)OC2=CC(O)=CCC2C1(C)C. The third kappa shape index (κ3) is 2.14. The van der Waals surface area contributed by atoms with Crippen molar-refractivity contribution >= 4 is 0 Å². The first-order chi connectivity index (χ1) is 11.1. The van der Waals surface area contributed by atoms with Crippen molar-refractivity contribution in [1.82, 2.24) is 0 Å². The van der Waals surface area contributed by atoms with Gasteiger partial charge in [0.25, 0.3) is 0 Å². The molecule has 0 spiro atoms. The van der Waals surface area contributed by atoms with Gasteiger partial charge in [-0.25, -0.2) is 0 Å². The standard InChI is InChI=1S/C19H24O5/c1-10-18(2,3)12-6-5-11(20)9-15(12)24-19(10,4)13-7-8-14(21)17(23)16(13)22/h5,7-10,12,20-23H,6H2,1-4H3. The first kappa shape index (κ1) is 16.6. The first-order valence-corrected chi connectivity index (χ1v) is 8.13. The number of phenols is 3. The second-order valence-electron chi connectivity index (χ2n) is 7.55. The molecule has 0 radical (unpaired) electrons. The summed E-state index contributed by atoms with van der Waals surface area (Å²) in [5.41, 5.74) is -0.680. The molecule has 24 heavy (non-hydrogen) atoms. The van der Waals surface area contributed by atoms with Gasteiger partial charge in [0.05, 0.1) is 0 Å². The molecule has 0 saturated carbocycles. The molecule has 130 valence electrons. The van der Waals surface area contributed by atoms with E-state index in [9.17, 15) is 20.4 Å². The van der Waals surface area contributed by atoms with Crippen LogP contribution in [0.4, 0.5) is 0 Å². The van der Waals surface area contributed by atoms with E-state index in [0.29, 0.717) is 17.7 Å². The highest BCUT2D eigenvalue weighted by molar-refractivity contribution is 5.55. The van der Waals surface area contributed by atoms with E-state index in [2.05, 4.69) is 20.8 Å². The minimum Gasteiger partial charge on any atom is -0.508 e. The molecule has 3 unspecified atom stereocenters. The Balaban J connectivity index is 2.16. The number of ether oxygens (including phenoxy) is 1. The van der Waals surface area contributed by atoms with Gasteiger partial charge in [0, 0.05) is 23.5 Å². The van der Waals surface area contributed by atoms with Crippen LogP contribution >= 0.6 is 0 Å². The predicted molar refractivity (Wildman–Crippen MR) is 89.7 cm³/mol. The number of benzene rings is 1. The maximum Gasteiger partial charge on any atom is 0.200 e. The van der Waals surface area contributed by atoms with E-state index < -0.39 is 11.4 Å². The minimum atomic E-state index is -0.918. The fourth-order valence-corrected chi connectivity index (χ4v) is 4.03. The lowest BCUT2D eigenvalue weighted by Gasteiger charge is -2.55. The molecule has 3 rings (SSSR count). The van der Waals surface area contributed by atoms with E-state index in [1.807, 2.05) is 6.92 Å². The van der Waals surface area contributed by atoms with Crippen LogP contribution in [0.1, 0.15) is 39.7 Å². The van der Waals surface area contributed by atoms with Gasteiger partial charge in [0.2, 0.25) is 5.75 Å². The normalized spacial score (nSPS) is 31.5. The third-order valence-electron chi connectivity index (χ3n) is 6.03.